The summed E-state index contributed by atoms with van der Waals surface area (Å²) in [4.78, 5) is 1.09. The van der Waals surface area contributed by atoms with Crippen molar-refractivity contribution >= 4 is 23.1 Å². The molecule has 0 saturated carbocycles. The van der Waals surface area contributed by atoms with Crippen molar-refractivity contribution in [1.29, 1.82) is 0 Å². The summed E-state index contributed by atoms with van der Waals surface area (Å²) in [6.07, 6.45) is 0. The molecule has 0 aliphatic heterocycles. The van der Waals surface area contributed by atoms with Crippen LogP contribution in [-0.4, -0.2) is 23.3 Å². The summed E-state index contributed by atoms with van der Waals surface area (Å²) in [5.74, 6) is -3.22. The van der Waals surface area contributed by atoms with Crippen LogP contribution in [0.2, 0.25) is 0 Å². The zero-order valence-corrected chi connectivity index (χ0v) is 15.0. The van der Waals surface area contributed by atoms with Crippen molar-refractivity contribution in [1.82, 2.24) is 0 Å². The third-order valence-corrected chi connectivity index (χ3v) is 4.73. The van der Waals surface area contributed by atoms with Crippen LogP contribution in [0.15, 0.2) is 58.3 Å². The minimum absolute atomic E-state index is 0.353. The van der Waals surface area contributed by atoms with Gasteiger partial charge in [0.15, 0.2) is 11.1 Å². The molecule has 0 radical (unpaired) electrons. The van der Waals surface area contributed by atoms with E-state index in [4.69, 9.17) is 8.37 Å². The van der Waals surface area contributed by atoms with E-state index >= 15 is 0 Å². The first-order valence-electron chi connectivity index (χ1n) is 7.21. The van der Waals surface area contributed by atoms with Crippen LogP contribution in [0.25, 0.3) is 0 Å². The number of hydrogen-bond donors (Lipinski definition) is 0. The standard InChI is InChI=1S/C17H18F2O3S2/c1-13-3-7-15(8-4-13)23-21-11-17(18,19)12-22-24(20)16-9-5-14(2)6-10-16/h3-10H,11-12H2,1-2H3. The van der Waals surface area contributed by atoms with E-state index < -0.39 is 30.2 Å². The van der Waals surface area contributed by atoms with Gasteiger partial charge in [0, 0.05) is 16.9 Å². The third-order valence-electron chi connectivity index (χ3n) is 3.04. The van der Waals surface area contributed by atoms with Gasteiger partial charge in [-0.25, -0.2) is 13.0 Å². The van der Waals surface area contributed by atoms with Gasteiger partial charge >= 0.3 is 0 Å². The maximum absolute atomic E-state index is 13.7. The molecule has 0 spiro atoms. The molecule has 0 heterocycles. The van der Waals surface area contributed by atoms with Crippen molar-refractivity contribution in [2.75, 3.05) is 13.2 Å². The fraction of sp³-hybridized carbons (Fsp3) is 0.294. The van der Waals surface area contributed by atoms with Gasteiger partial charge < -0.3 is 4.18 Å². The topological polar surface area (TPSA) is 35.5 Å². The summed E-state index contributed by atoms with van der Waals surface area (Å²) in [7, 11) is 0. The molecular formula is C17H18F2O3S2. The lowest BCUT2D eigenvalue weighted by Crippen LogP contribution is -2.29. The molecule has 0 fully saturated rings. The highest BCUT2D eigenvalue weighted by atomic mass is 32.2. The minimum Gasteiger partial charge on any atom is -0.304 e. The van der Waals surface area contributed by atoms with E-state index in [1.807, 2.05) is 26.0 Å². The van der Waals surface area contributed by atoms with Gasteiger partial charge in [-0.1, -0.05) is 35.4 Å². The molecular weight excluding hydrogens is 354 g/mol. The van der Waals surface area contributed by atoms with Crippen LogP contribution in [0.3, 0.4) is 0 Å². The lowest BCUT2D eigenvalue weighted by atomic mass is 10.2. The van der Waals surface area contributed by atoms with Gasteiger partial charge in [-0.2, -0.15) is 0 Å². The predicted molar refractivity (Wildman–Crippen MR) is 91.5 cm³/mol. The Morgan fingerprint density at radius 1 is 0.958 bits per heavy atom. The van der Waals surface area contributed by atoms with Crippen LogP contribution in [0.4, 0.5) is 8.78 Å². The second-order valence-electron chi connectivity index (χ2n) is 5.32. The Bertz CT molecular complexity index is 673. The predicted octanol–water partition coefficient (Wildman–Crippen LogP) is 4.70. The van der Waals surface area contributed by atoms with Gasteiger partial charge in [-0.05, 0) is 38.1 Å². The first kappa shape index (κ1) is 19.1. The number of aryl methyl sites for hydroxylation is 2. The second-order valence-corrected chi connectivity index (χ2v) is 7.37. The fourth-order valence-corrected chi connectivity index (χ4v) is 3.06. The summed E-state index contributed by atoms with van der Waals surface area (Å²) < 4.78 is 49.1. The maximum atomic E-state index is 13.7. The van der Waals surface area contributed by atoms with Crippen molar-refractivity contribution in [2.45, 2.75) is 29.6 Å². The smallest absolute Gasteiger partial charge is 0.296 e. The van der Waals surface area contributed by atoms with E-state index in [1.165, 1.54) is 0 Å². The quantitative estimate of drug-likeness (QED) is 0.629. The van der Waals surface area contributed by atoms with E-state index in [0.717, 1.165) is 28.1 Å². The van der Waals surface area contributed by atoms with E-state index in [2.05, 4.69) is 0 Å². The zero-order valence-electron chi connectivity index (χ0n) is 13.3. The van der Waals surface area contributed by atoms with Crippen LogP contribution < -0.4 is 0 Å². The summed E-state index contributed by atoms with van der Waals surface area (Å²) in [6, 6.07) is 14.0. The van der Waals surface area contributed by atoms with Crippen molar-refractivity contribution in [3.05, 3.63) is 59.7 Å². The molecule has 0 aromatic heterocycles. The van der Waals surface area contributed by atoms with Crippen LogP contribution in [-0.2, 0) is 19.4 Å². The Morgan fingerprint density at radius 3 is 2.08 bits per heavy atom. The fourth-order valence-electron chi connectivity index (χ4n) is 1.68. The Balaban J connectivity index is 1.77. The number of benzene rings is 2. The zero-order chi connectivity index (χ0) is 17.6. The molecule has 1 unspecified atom stereocenters. The summed E-state index contributed by atoms with van der Waals surface area (Å²) in [6.45, 7) is 2.03. The van der Waals surface area contributed by atoms with Gasteiger partial charge in [0.25, 0.3) is 5.92 Å². The molecule has 2 aromatic carbocycles. The van der Waals surface area contributed by atoms with E-state index in [0.29, 0.717) is 4.90 Å². The van der Waals surface area contributed by atoms with Crippen LogP contribution in [0.1, 0.15) is 11.1 Å². The molecule has 0 aliphatic rings. The van der Waals surface area contributed by atoms with E-state index in [9.17, 15) is 13.0 Å². The Kier molecular flexibility index (Phi) is 6.91. The largest absolute Gasteiger partial charge is 0.304 e. The van der Waals surface area contributed by atoms with Gasteiger partial charge in [0.05, 0.1) is 4.90 Å². The Hall–Kier alpha value is -1.28. The molecule has 0 amide bonds. The molecule has 3 nitrogen and oxygen atoms in total. The van der Waals surface area contributed by atoms with E-state index in [-0.39, 0.29) is 0 Å². The molecule has 2 aromatic rings. The molecule has 24 heavy (non-hydrogen) atoms. The minimum atomic E-state index is -3.22. The number of rotatable bonds is 8. The van der Waals surface area contributed by atoms with Gasteiger partial charge in [0.1, 0.15) is 13.2 Å². The molecule has 0 N–H and O–H groups in total. The normalized spacial score (nSPS) is 13.0. The highest BCUT2D eigenvalue weighted by Crippen LogP contribution is 2.24. The summed E-state index contributed by atoms with van der Waals surface area (Å²) in [5.41, 5.74) is 2.07. The molecule has 0 saturated heterocycles. The highest BCUT2D eigenvalue weighted by molar-refractivity contribution is 7.94. The number of halogens is 2. The first-order chi connectivity index (χ1) is 11.4. The lowest BCUT2D eigenvalue weighted by molar-refractivity contribution is -0.0660. The van der Waals surface area contributed by atoms with Gasteiger partial charge in [0.2, 0.25) is 0 Å². The molecule has 2 rings (SSSR count). The first-order valence-corrected chi connectivity index (χ1v) is 9.03. The Morgan fingerprint density at radius 2 is 1.50 bits per heavy atom. The van der Waals surface area contributed by atoms with Crippen molar-refractivity contribution in [3.63, 3.8) is 0 Å². The maximum Gasteiger partial charge on any atom is 0.296 e. The van der Waals surface area contributed by atoms with E-state index in [1.54, 1.807) is 36.4 Å². The number of alkyl halides is 2. The molecule has 7 heteroatoms. The van der Waals surface area contributed by atoms with Crippen LogP contribution in [0, 0.1) is 13.8 Å². The molecule has 130 valence electrons. The van der Waals surface area contributed by atoms with Crippen LogP contribution >= 0.6 is 12.0 Å². The highest BCUT2D eigenvalue weighted by Gasteiger charge is 2.31. The van der Waals surface area contributed by atoms with Gasteiger partial charge in [-0.3, -0.25) is 4.18 Å². The lowest BCUT2D eigenvalue weighted by Gasteiger charge is -2.15. The van der Waals surface area contributed by atoms with Gasteiger partial charge in [-0.15, -0.1) is 0 Å². The average Bonchev–Trinajstić information content (AvgIpc) is 2.55. The number of hydrogen-bond acceptors (Lipinski definition) is 4. The monoisotopic (exact) mass is 372 g/mol. The molecule has 0 bridgehead atoms. The molecule has 0 aliphatic carbocycles. The van der Waals surface area contributed by atoms with Crippen LogP contribution in [0.5, 0.6) is 0 Å². The SMILES string of the molecule is Cc1ccc(SOCC(F)(F)COS(=O)c2ccc(C)cc2)cc1. The summed E-state index contributed by atoms with van der Waals surface area (Å²) >= 11 is -1.05. The summed E-state index contributed by atoms with van der Waals surface area (Å²) in [5, 5.41) is 0. The van der Waals surface area contributed by atoms with Crippen molar-refractivity contribution < 1.29 is 21.4 Å². The molecule has 1 atom stereocenters. The third kappa shape index (κ3) is 6.32. The average molecular weight is 372 g/mol. The Labute approximate surface area is 147 Å². The second kappa shape index (κ2) is 8.71. The van der Waals surface area contributed by atoms with Crippen molar-refractivity contribution in [3.8, 4) is 0 Å². The van der Waals surface area contributed by atoms with Crippen molar-refractivity contribution in [2.24, 2.45) is 0 Å².